The molecule has 0 saturated carbocycles. The second kappa shape index (κ2) is 7.59. The Balaban J connectivity index is 1.93. The number of rotatable bonds is 5. The fraction of sp³-hybridized carbons (Fsp3) is 0.368. The summed E-state index contributed by atoms with van der Waals surface area (Å²) in [7, 11) is 3.83. The van der Waals surface area contributed by atoms with Crippen LogP contribution in [-0.4, -0.2) is 43.4 Å². The highest BCUT2D eigenvalue weighted by Crippen LogP contribution is 2.31. The zero-order valence-corrected chi connectivity index (χ0v) is 16.9. The summed E-state index contributed by atoms with van der Waals surface area (Å²) in [6.07, 6.45) is 0.907. The molecule has 0 amide bonds. The lowest BCUT2D eigenvalue weighted by Gasteiger charge is -2.19. The maximum atomic E-state index is 13.5. The first kappa shape index (κ1) is 18.4. The third-order valence-electron chi connectivity index (χ3n) is 4.83. The van der Waals surface area contributed by atoms with Gasteiger partial charge in [0.15, 0.2) is 0 Å². The molecule has 6 nitrogen and oxygen atoms in total. The molecule has 1 aliphatic heterocycles. The van der Waals surface area contributed by atoms with Gasteiger partial charge in [0, 0.05) is 25.1 Å². The lowest BCUT2D eigenvalue weighted by Crippen LogP contribution is -3.08. The van der Waals surface area contributed by atoms with Crippen molar-refractivity contribution in [3.63, 3.8) is 0 Å². The van der Waals surface area contributed by atoms with E-state index in [0.717, 1.165) is 35.3 Å². The average molecular weight is 406 g/mol. The first-order chi connectivity index (χ1) is 13.1. The Morgan fingerprint density at radius 2 is 2.30 bits per heavy atom. The molecule has 0 bridgehead atoms. The summed E-state index contributed by atoms with van der Waals surface area (Å²) in [4.78, 5) is 21.9. The highest BCUT2D eigenvalue weighted by atomic mass is 35.5. The third-order valence-corrected chi connectivity index (χ3v) is 6.19. The number of thiophene rings is 1. The van der Waals surface area contributed by atoms with Crippen molar-refractivity contribution in [3.8, 4) is 5.69 Å². The van der Waals surface area contributed by atoms with E-state index in [1.165, 1.54) is 9.78 Å². The zero-order chi connectivity index (χ0) is 19.0. The van der Waals surface area contributed by atoms with Crippen molar-refractivity contribution >= 4 is 39.1 Å². The SMILES string of the molecule is COCCNc1nc2sc3c(c2c(=O)n1-c1cccc(Cl)c1)CC[NH+](C)C3. The van der Waals surface area contributed by atoms with Gasteiger partial charge in [0.1, 0.15) is 11.4 Å². The van der Waals surface area contributed by atoms with E-state index in [4.69, 9.17) is 21.3 Å². The van der Waals surface area contributed by atoms with E-state index in [-0.39, 0.29) is 5.56 Å². The Bertz CT molecular complexity index is 1050. The Morgan fingerprint density at radius 3 is 3.07 bits per heavy atom. The molecule has 0 saturated heterocycles. The van der Waals surface area contributed by atoms with Gasteiger partial charge < -0.3 is 15.0 Å². The van der Waals surface area contributed by atoms with E-state index in [1.54, 1.807) is 35.1 Å². The van der Waals surface area contributed by atoms with Crippen LogP contribution in [0.2, 0.25) is 5.02 Å². The molecule has 2 aromatic heterocycles. The number of methoxy groups -OCH3 is 1. The second-order valence-electron chi connectivity index (χ2n) is 6.79. The maximum absolute atomic E-state index is 13.5. The summed E-state index contributed by atoms with van der Waals surface area (Å²) in [5.41, 5.74) is 1.83. The Morgan fingerprint density at radius 1 is 1.44 bits per heavy atom. The fourth-order valence-electron chi connectivity index (χ4n) is 3.50. The molecule has 1 unspecified atom stereocenters. The van der Waals surface area contributed by atoms with E-state index >= 15 is 0 Å². The van der Waals surface area contributed by atoms with Crippen molar-refractivity contribution in [2.24, 2.45) is 0 Å². The molecule has 0 fully saturated rings. The summed E-state index contributed by atoms with van der Waals surface area (Å²) >= 11 is 7.81. The van der Waals surface area contributed by atoms with Crippen LogP contribution in [0.5, 0.6) is 0 Å². The van der Waals surface area contributed by atoms with Gasteiger partial charge in [-0.25, -0.2) is 9.55 Å². The summed E-state index contributed by atoms with van der Waals surface area (Å²) in [5, 5.41) is 4.57. The molecule has 3 aromatic rings. The van der Waals surface area contributed by atoms with E-state index in [0.29, 0.717) is 29.8 Å². The topological polar surface area (TPSA) is 60.6 Å². The van der Waals surface area contributed by atoms with Crippen LogP contribution in [0.1, 0.15) is 10.4 Å². The molecule has 0 radical (unpaired) electrons. The smallest absolute Gasteiger partial charge is 0.268 e. The van der Waals surface area contributed by atoms with Crippen molar-refractivity contribution in [1.29, 1.82) is 0 Å². The monoisotopic (exact) mass is 405 g/mol. The number of aromatic nitrogens is 2. The predicted molar refractivity (Wildman–Crippen MR) is 110 cm³/mol. The predicted octanol–water partition coefficient (Wildman–Crippen LogP) is 1.73. The van der Waals surface area contributed by atoms with Gasteiger partial charge in [-0.15, -0.1) is 11.3 Å². The van der Waals surface area contributed by atoms with E-state index in [1.807, 2.05) is 12.1 Å². The standard InChI is InChI=1S/C19H21ClN4O2S/c1-23-8-6-14-15(11-23)27-17-16(14)18(25)24(13-5-3-4-12(20)10-13)19(22-17)21-7-9-26-2/h3-5,10H,6-9,11H2,1-2H3,(H,21,22)/p+1. The largest absolute Gasteiger partial charge is 0.383 e. The first-order valence-corrected chi connectivity index (χ1v) is 10.1. The number of fused-ring (bicyclic) bond motifs is 3. The molecule has 0 aliphatic carbocycles. The lowest BCUT2D eigenvalue weighted by atomic mass is 10.1. The van der Waals surface area contributed by atoms with E-state index in [2.05, 4.69) is 12.4 Å². The Labute approximate surface area is 166 Å². The molecule has 2 N–H and O–H groups in total. The van der Waals surface area contributed by atoms with Crippen LogP contribution in [0.25, 0.3) is 15.9 Å². The van der Waals surface area contributed by atoms with E-state index < -0.39 is 0 Å². The summed E-state index contributed by atoms with van der Waals surface area (Å²) in [6, 6.07) is 7.30. The molecular weight excluding hydrogens is 384 g/mol. The normalized spacial score (nSPS) is 16.5. The minimum Gasteiger partial charge on any atom is -0.383 e. The number of nitrogens with one attached hydrogen (secondary N) is 2. The third kappa shape index (κ3) is 3.48. The van der Waals surface area contributed by atoms with Crippen molar-refractivity contribution in [1.82, 2.24) is 9.55 Å². The number of ether oxygens (including phenoxy) is 1. The van der Waals surface area contributed by atoms with Crippen molar-refractivity contribution < 1.29 is 9.64 Å². The second-order valence-corrected chi connectivity index (χ2v) is 8.31. The first-order valence-electron chi connectivity index (χ1n) is 8.96. The van der Waals surface area contributed by atoms with Gasteiger partial charge in [0.25, 0.3) is 5.56 Å². The summed E-state index contributed by atoms with van der Waals surface area (Å²) < 4.78 is 6.75. The van der Waals surface area contributed by atoms with Gasteiger partial charge in [-0.05, 0) is 23.8 Å². The maximum Gasteiger partial charge on any atom is 0.268 e. The number of nitrogens with zero attached hydrogens (tertiary/aromatic N) is 2. The molecule has 142 valence electrons. The zero-order valence-electron chi connectivity index (χ0n) is 15.3. The van der Waals surface area contributed by atoms with Crippen LogP contribution in [0.3, 0.4) is 0 Å². The average Bonchev–Trinajstić information content (AvgIpc) is 2.99. The number of halogens is 1. The Hall–Kier alpha value is -1.93. The molecule has 8 heteroatoms. The van der Waals surface area contributed by atoms with Crippen LogP contribution >= 0.6 is 22.9 Å². The Kier molecular flexibility index (Phi) is 5.19. The molecule has 4 rings (SSSR count). The van der Waals surface area contributed by atoms with Gasteiger partial charge in [0.2, 0.25) is 5.95 Å². The molecule has 0 spiro atoms. The number of benzene rings is 1. The van der Waals surface area contributed by atoms with Crippen LogP contribution in [0.15, 0.2) is 29.1 Å². The molecule has 3 heterocycles. The molecular formula is C19H22ClN4O2S+. The van der Waals surface area contributed by atoms with Gasteiger partial charge in [-0.3, -0.25) is 4.79 Å². The molecule has 27 heavy (non-hydrogen) atoms. The van der Waals surface area contributed by atoms with Gasteiger partial charge in [-0.1, -0.05) is 17.7 Å². The summed E-state index contributed by atoms with van der Waals surface area (Å²) in [6.45, 7) is 3.06. The van der Waals surface area contributed by atoms with Crippen LogP contribution in [-0.2, 0) is 17.7 Å². The number of hydrogen-bond acceptors (Lipinski definition) is 5. The number of anilines is 1. The highest BCUT2D eigenvalue weighted by Gasteiger charge is 2.26. The van der Waals surface area contributed by atoms with Gasteiger partial charge in [0.05, 0.1) is 36.2 Å². The lowest BCUT2D eigenvalue weighted by molar-refractivity contribution is -0.895. The van der Waals surface area contributed by atoms with E-state index in [9.17, 15) is 4.79 Å². The minimum atomic E-state index is -0.0424. The van der Waals surface area contributed by atoms with Crippen molar-refractivity contribution in [2.75, 3.05) is 39.2 Å². The number of quaternary nitrogens is 1. The minimum absolute atomic E-state index is 0.0424. The highest BCUT2D eigenvalue weighted by molar-refractivity contribution is 7.18. The van der Waals surface area contributed by atoms with Gasteiger partial charge >= 0.3 is 0 Å². The summed E-state index contributed by atoms with van der Waals surface area (Å²) in [5.74, 6) is 0.520. The quantitative estimate of drug-likeness (QED) is 0.635. The van der Waals surface area contributed by atoms with Crippen LogP contribution in [0, 0.1) is 0 Å². The molecule has 1 aromatic carbocycles. The van der Waals surface area contributed by atoms with Gasteiger partial charge in [-0.2, -0.15) is 0 Å². The van der Waals surface area contributed by atoms with Crippen LogP contribution in [0.4, 0.5) is 5.95 Å². The van der Waals surface area contributed by atoms with Crippen LogP contribution < -0.4 is 15.8 Å². The molecule has 1 atom stereocenters. The number of likely N-dealkylation sites (N-methyl/N-ethyl adjacent to an activating group) is 1. The van der Waals surface area contributed by atoms with Crippen molar-refractivity contribution in [2.45, 2.75) is 13.0 Å². The number of hydrogen-bond donors (Lipinski definition) is 2. The fourth-order valence-corrected chi connectivity index (χ4v) is 5.01. The van der Waals surface area contributed by atoms with Crippen molar-refractivity contribution in [3.05, 3.63) is 50.1 Å². The molecule has 1 aliphatic rings.